The molecule has 0 amide bonds. The Bertz CT molecular complexity index is 833. The Morgan fingerprint density at radius 1 is 1.39 bits per heavy atom. The van der Waals surface area contributed by atoms with Crippen LogP contribution in [0.4, 0.5) is 5.95 Å². The number of thioether (sulfide) groups is 1. The van der Waals surface area contributed by atoms with Gasteiger partial charge in [-0.2, -0.15) is 10.1 Å². The second-order valence-electron chi connectivity index (χ2n) is 5.87. The number of anilines is 1. The highest BCUT2D eigenvalue weighted by molar-refractivity contribution is 7.98. The molecule has 1 N–H and O–H groups in total. The van der Waals surface area contributed by atoms with Gasteiger partial charge in [-0.05, 0) is 26.0 Å². The Morgan fingerprint density at radius 2 is 2.22 bits per heavy atom. The van der Waals surface area contributed by atoms with Gasteiger partial charge in [-0.15, -0.1) is 5.10 Å². The van der Waals surface area contributed by atoms with E-state index in [0.29, 0.717) is 17.5 Å². The van der Waals surface area contributed by atoms with E-state index in [-0.39, 0.29) is 11.8 Å². The summed E-state index contributed by atoms with van der Waals surface area (Å²) in [6.45, 7) is 2.02. The lowest BCUT2D eigenvalue weighted by atomic mass is 9.86. The molecule has 0 bridgehead atoms. The standard InChI is InChI=1S/C15H18N6OS/c1-8-9(7-16-20(8)2)13-12-10(5-4-6-11(12)22)17-14-18-15(23-3)19-21(13)14/h7,13H,4-6H2,1-3H3,(H,17,18,19)/t13-/m0/s1. The van der Waals surface area contributed by atoms with Crippen LogP contribution in [0.5, 0.6) is 0 Å². The molecule has 23 heavy (non-hydrogen) atoms. The van der Waals surface area contributed by atoms with E-state index in [1.165, 1.54) is 11.8 Å². The molecule has 0 saturated heterocycles. The van der Waals surface area contributed by atoms with Crippen molar-refractivity contribution in [1.29, 1.82) is 0 Å². The largest absolute Gasteiger partial charge is 0.328 e. The summed E-state index contributed by atoms with van der Waals surface area (Å²) in [7, 11) is 1.91. The van der Waals surface area contributed by atoms with Gasteiger partial charge in [-0.3, -0.25) is 9.48 Å². The number of aromatic nitrogens is 5. The predicted molar refractivity (Wildman–Crippen MR) is 87.4 cm³/mol. The summed E-state index contributed by atoms with van der Waals surface area (Å²) in [5, 5.41) is 13.0. The Labute approximate surface area is 138 Å². The SMILES string of the molecule is CSc1nc2n(n1)[C@@H](c1cnn(C)c1C)C1=C(CCCC1=O)N2. The predicted octanol–water partition coefficient (Wildman–Crippen LogP) is 2.06. The average Bonchev–Trinajstić information content (AvgIpc) is 3.10. The third-order valence-corrected chi connectivity index (χ3v) is 5.14. The number of fused-ring (bicyclic) bond motifs is 1. The molecule has 8 heteroatoms. The van der Waals surface area contributed by atoms with Crippen LogP contribution >= 0.6 is 11.8 Å². The second kappa shape index (κ2) is 5.23. The van der Waals surface area contributed by atoms with Crippen molar-refractivity contribution in [3.05, 3.63) is 28.7 Å². The van der Waals surface area contributed by atoms with Crippen molar-refractivity contribution < 1.29 is 4.79 Å². The summed E-state index contributed by atoms with van der Waals surface area (Å²) in [5.41, 5.74) is 3.85. The first kappa shape index (κ1) is 14.5. The van der Waals surface area contributed by atoms with E-state index in [2.05, 4.69) is 20.5 Å². The van der Waals surface area contributed by atoms with Crippen molar-refractivity contribution >= 4 is 23.5 Å². The van der Waals surface area contributed by atoms with Crippen LogP contribution in [-0.2, 0) is 11.8 Å². The van der Waals surface area contributed by atoms with Gasteiger partial charge in [0.2, 0.25) is 11.1 Å². The molecule has 7 nitrogen and oxygen atoms in total. The number of nitrogens with zero attached hydrogens (tertiary/aromatic N) is 5. The maximum Gasteiger partial charge on any atom is 0.227 e. The minimum Gasteiger partial charge on any atom is -0.328 e. The molecule has 0 fully saturated rings. The topological polar surface area (TPSA) is 77.6 Å². The Morgan fingerprint density at radius 3 is 2.91 bits per heavy atom. The van der Waals surface area contributed by atoms with Gasteiger partial charge >= 0.3 is 0 Å². The normalized spacial score (nSPS) is 20.3. The van der Waals surface area contributed by atoms with Gasteiger partial charge in [-0.1, -0.05) is 11.8 Å². The molecular weight excluding hydrogens is 312 g/mol. The number of carbonyl (C=O) groups is 1. The molecule has 1 aliphatic carbocycles. The Balaban J connectivity index is 1.94. The molecule has 2 aromatic heterocycles. The monoisotopic (exact) mass is 330 g/mol. The molecule has 0 spiro atoms. The minimum absolute atomic E-state index is 0.193. The van der Waals surface area contributed by atoms with Gasteiger partial charge in [0.25, 0.3) is 0 Å². The van der Waals surface area contributed by atoms with E-state index in [9.17, 15) is 4.79 Å². The van der Waals surface area contributed by atoms with Crippen molar-refractivity contribution in [1.82, 2.24) is 24.5 Å². The van der Waals surface area contributed by atoms with E-state index in [4.69, 9.17) is 0 Å². The summed E-state index contributed by atoms with van der Waals surface area (Å²) in [6, 6.07) is -0.240. The quantitative estimate of drug-likeness (QED) is 0.849. The van der Waals surface area contributed by atoms with Gasteiger partial charge < -0.3 is 5.32 Å². The lowest BCUT2D eigenvalue weighted by Crippen LogP contribution is -2.31. The van der Waals surface area contributed by atoms with Crippen LogP contribution < -0.4 is 5.32 Å². The molecule has 0 aromatic carbocycles. The van der Waals surface area contributed by atoms with Crippen molar-refractivity contribution in [2.24, 2.45) is 7.05 Å². The van der Waals surface area contributed by atoms with Crippen molar-refractivity contribution in [2.45, 2.75) is 37.4 Å². The molecule has 2 aliphatic rings. The van der Waals surface area contributed by atoms with Gasteiger partial charge in [0, 0.05) is 36.0 Å². The number of allylic oxidation sites excluding steroid dienone is 2. The van der Waals surface area contributed by atoms with Crippen molar-refractivity contribution in [3.63, 3.8) is 0 Å². The number of rotatable bonds is 2. The lowest BCUT2D eigenvalue weighted by Gasteiger charge is -2.31. The van der Waals surface area contributed by atoms with Gasteiger partial charge in [0.05, 0.1) is 6.20 Å². The molecular formula is C15H18N6OS. The summed E-state index contributed by atoms with van der Waals surface area (Å²) in [5.74, 6) is 0.898. The number of hydrogen-bond acceptors (Lipinski definition) is 6. The zero-order valence-electron chi connectivity index (χ0n) is 13.3. The average molecular weight is 330 g/mol. The summed E-state index contributed by atoms with van der Waals surface area (Å²) in [6.07, 6.45) is 6.13. The molecule has 0 radical (unpaired) electrons. The highest BCUT2D eigenvalue weighted by Gasteiger charge is 2.38. The third kappa shape index (κ3) is 2.12. The summed E-state index contributed by atoms with van der Waals surface area (Å²) in [4.78, 5) is 17.2. The van der Waals surface area contributed by atoms with Crippen LogP contribution in [-0.4, -0.2) is 36.6 Å². The molecule has 120 valence electrons. The minimum atomic E-state index is -0.240. The molecule has 2 aromatic rings. The number of Topliss-reactive ketones (excluding diaryl/α,β-unsaturated/α-hetero) is 1. The highest BCUT2D eigenvalue weighted by Crippen LogP contribution is 2.41. The lowest BCUT2D eigenvalue weighted by molar-refractivity contribution is -0.116. The van der Waals surface area contributed by atoms with Crippen LogP contribution in [0.3, 0.4) is 0 Å². The molecule has 0 unspecified atom stereocenters. The zero-order valence-corrected chi connectivity index (χ0v) is 14.1. The number of nitrogens with one attached hydrogen (secondary N) is 1. The number of carbonyl (C=O) groups excluding carboxylic acids is 1. The maximum atomic E-state index is 12.6. The number of hydrogen-bond donors (Lipinski definition) is 1. The fourth-order valence-electron chi connectivity index (χ4n) is 3.29. The molecule has 4 rings (SSSR count). The molecule has 1 aliphatic heterocycles. The van der Waals surface area contributed by atoms with Crippen LogP contribution in [0.25, 0.3) is 0 Å². The fraction of sp³-hybridized carbons (Fsp3) is 0.467. The first-order valence-electron chi connectivity index (χ1n) is 7.62. The Kier molecular flexibility index (Phi) is 3.29. The van der Waals surface area contributed by atoms with E-state index in [0.717, 1.165) is 35.4 Å². The molecule has 0 saturated carbocycles. The van der Waals surface area contributed by atoms with Crippen LogP contribution in [0.2, 0.25) is 0 Å². The van der Waals surface area contributed by atoms with Gasteiger partial charge in [-0.25, -0.2) is 4.68 Å². The van der Waals surface area contributed by atoms with E-state index in [1.807, 2.05) is 35.8 Å². The van der Waals surface area contributed by atoms with Gasteiger partial charge in [0.15, 0.2) is 5.78 Å². The smallest absolute Gasteiger partial charge is 0.227 e. The van der Waals surface area contributed by atoms with Crippen LogP contribution in [0.15, 0.2) is 22.6 Å². The second-order valence-corrected chi connectivity index (χ2v) is 6.65. The van der Waals surface area contributed by atoms with Crippen LogP contribution in [0.1, 0.15) is 36.6 Å². The summed E-state index contributed by atoms with van der Waals surface area (Å²) >= 11 is 1.50. The van der Waals surface area contributed by atoms with E-state index >= 15 is 0 Å². The summed E-state index contributed by atoms with van der Waals surface area (Å²) < 4.78 is 3.66. The molecule has 1 atom stereocenters. The van der Waals surface area contributed by atoms with Crippen molar-refractivity contribution in [3.8, 4) is 0 Å². The van der Waals surface area contributed by atoms with E-state index in [1.54, 1.807) is 0 Å². The first-order valence-corrected chi connectivity index (χ1v) is 8.85. The maximum absolute atomic E-state index is 12.6. The zero-order chi connectivity index (χ0) is 16.1. The Hall–Kier alpha value is -2.09. The molecule has 3 heterocycles. The first-order chi connectivity index (χ1) is 11.1. The van der Waals surface area contributed by atoms with E-state index < -0.39 is 0 Å². The number of ketones is 1. The van der Waals surface area contributed by atoms with Crippen molar-refractivity contribution in [2.75, 3.05) is 11.6 Å². The number of aryl methyl sites for hydroxylation is 1. The van der Waals surface area contributed by atoms with Gasteiger partial charge in [0.1, 0.15) is 6.04 Å². The highest BCUT2D eigenvalue weighted by atomic mass is 32.2. The van der Waals surface area contributed by atoms with Crippen LogP contribution in [0, 0.1) is 6.92 Å². The fourth-order valence-corrected chi connectivity index (χ4v) is 3.64. The third-order valence-electron chi connectivity index (χ3n) is 4.60.